The predicted octanol–water partition coefficient (Wildman–Crippen LogP) is 4.83. The van der Waals surface area contributed by atoms with Gasteiger partial charge in [-0.15, -0.1) is 0 Å². The molecule has 2 heteroatoms. The second-order valence-corrected chi connectivity index (χ2v) is 9.39. The maximum atomic E-state index is 11.9. The zero-order chi connectivity index (χ0) is 17.2. The van der Waals surface area contributed by atoms with Crippen molar-refractivity contribution in [2.24, 2.45) is 28.6 Å². The van der Waals surface area contributed by atoms with E-state index in [2.05, 4.69) is 19.9 Å². The second-order valence-electron chi connectivity index (χ2n) is 9.39. The number of aliphatic hydroxyl groups is 1. The van der Waals surface area contributed by atoms with E-state index in [4.69, 9.17) is 0 Å². The second kappa shape index (κ2) is 5.30. The maximum absolute atomic E-state index is 11.9. The van der Waals surface area contributed by atoms with Gasteiger partial charge in [0.1, 0.15) is 0 Å². The van der Waals surface area contributed by atoms with Gasteiger partial charge >= 0.3 is 0 Å². The summed E-state index contributed by atoms with van der Waals surface area (Å²) in [4.78, 5) is 11.9. The lowest BCUT2D eigenvalue weighted by molar-refractivity contribution is -0.120. The molecule has 132 valence electrons. The van der Waals surface area contributed by atoms with Gasteiger partial charge in [0, 0.05) is 11.8 Å². The summed E-state index contributed by atoms with van der Waals surface area (Å²) in [7, 11) is 0. The Hall–Kier alpha value is -0.890. The van der Waals surface area contributed by atoms with Crippen LogP contribution in [0.25, 0.3) is 0 Å². The van der Waals surface area contributed by atoms with Crippen LogP contribution in [0.4, 0.5) is 0 Å². The quantitative estimate of drug-likeness (QED) is 0.700. The highest BCUT2D eigenvalue weighted by atomic mass is 16.3. The Morgan fingerprint density at radius 1 is 1.08 bits per heavy atom. The largest absolute Gasteiger partial charge is 0.385 e. The van der Waals surface area contributed by atoms with Crippen LogP contribution in [-0.4, -0.2) is 16.5 Å². The first-order valence-electron chi connectivity index (χ1n) is 9.94. The Labute approximate surface area is 146 Å². The first kappa shape index (κ1) is 16.6. The van der Waals surface area contributed by atoms with Crippen molar-refractivity contribution >= 4 is 5.78 Å². The normalized spacial score (nSPS) is 51.1. The van der Waals surface area contributed by atoms with Crippen molar-refractivity contribution in [2.75, 3.05) is 0 Å². The van der Waals surface area contributed by atoms with E-state index in [1.807, 2.05) is 19.1 Å². The van der Waals surface area contributed by atoms with Crippen LogP contribution in [0.1, 0.15) is 72.1 Å². The average molecular weight is 328 g/mol. The van der Waals surface area contributed by atoms with E-state index >= 15 is 0 Å². The zero-order valence-electron chi connectivity index (χ0n) is 15.5. The molecule has 0 bridgehead atoms. The average Bonchev–Trinajstić information content (AvgIpc) is 2.80. The smallest absolute Gasteiger partial charge is 0.155 e. The summed E-state index contributed by atoms with van der Waals surface area (Å²) in [5.74, 6) is 2.40. The first-order valence-corrected chi connectivity index (χ1v) is 9.94. The molecular weight excluding hydrogens is 296 g/mol. The van der Waals surface area contributed by atoms with Crippen LogP contribution in [0, 0.1) is 28.6 Å². The molecule has 3 saturated carbocycles. The fourth-order valence-corrected chi connectivity index (χ4v) is 7.16. The third-order valence-electron chi connectivity index (χ3n) is 8.62. The van der Waals surface area contributed by atoms with Gasteiger partial charge in [0.25, 0.3) is 0 Å². The molecule has 4 aliphatic carbocycles. The molecule has 0 aromatic carbocycles. The van der Waals surface area contributed by atoms with E-state index in [0.717, 1.165) is 44.4 Å². The van der Waals surface area contributed by atoms with Gasteiger partial charge in [0.15, 0.2) is 5.78 Å². The van der Waals surface area contributed by atoms with Gasteiger partial charge in [-0.3, -0.25) is 4.79 Å². The molecule has 0 aromatic heterocycles. The maximum Gasteiger partial charge on any atom is 0.155 e. The summed E-state index contributed by atoms with van der Waals surface area (Å²) >= 11 is 0. The van der Waals surface area contributed by atoms with E-state index in [-0.39, 0.29) is 10.8 Å². The molecule has 0 aliphatic heterocycles. The molecule has 0 heterocycles. The minimum absolute atomic E-state index is 0.0305. The zero-order valence-corrected chi connectivity index (χ0v) is 15.5. The molecule has 3 fully saturated rings. The Balaban J connectivity index is 1.68. The minimum atomic E-state index is -0.614. The highest BCUT2D eigenvalue weighted by Crippen LogP contribution is 2.67. The number of ketones is 1. The molecule has 4 aliphatic rings. The third-order valence-corrected chi connectivity index (χ3v) is 8.62. The van der Waals surface area contributed by atoms with Crippen LogP contribution in [0.2, 0.25) is 0 Å². The fraction of sp³-hybridized carbons (Fsp3) is 0.773. The van der Waals surface area contributed by atoms with Gasteiger partial charge in [-0.25, -0.2) is 0 Å². The lowest BCUT2D eigenvalue weighted by Gasteiger charge is -2.59. The van der Waals surface area contributed by atoms with Crippen LogP contribution in [0.15, 0.2) is 23.8 Å². The summed E-state index contributed by atoms with van der Waals surface area (Å²) in [5, 5.41) is 11.3. The van der Waals surface area contributed by atoms with Gasteiger partial charge in [-0.05, 0) is 81.1 Å². The number of carbonyl (C=O) groups is 1. The molecule has 4 rings (SSSR count). The van der Waals surface area contributed by atoms with Gasteiger partial charge in [0.2, 0.25) is 0 Å². The Kier molecular flexibility index (Phi) is 3.66. The van der Waals surface area contributed by atoms with E-state index in [0.29, 0.717) is 17.6 Å². The molecule has 3 unspecified atom stereocenters. The molecule has 0 spiro atoms. The first-order chi connectivity index (χ1) is 11.3. The summed E-state index contributed by atoms with van der Waals surface area (Å²) in [6, 6.07) is 0. The van der Waals surface area contributed by atoms with Gasteiger partial charge in [0.05, 0.1) is 5.60 Å². The van der Waals surface area contributed by atoms with E-state index in [9.17, 15) is 9.90 Å². The van der Waals surface area contributed by atoms with Crippen molar-refractivity contribution in [3.05, 3.63) is 23.8 Å². The lowest BCUT2D eigenvalue weighted by atomic mass is 9.46. The van der Waals surface area contributed by atoms with E-state index in [1.54, 1.807) is 0 Å². The molecule has 2 nitrogen and oxygen atoms in total. The van der Waals surface area contributed by atoms with Crippen molar-refractivity contribution in [1.29, 1.82) is 0 Å². The van der Waals surface area contributed by atoms with Crippen LogP contribution in [-0.2, 0) is 4.79 Å². The topological polar surface area (TPSA) is 37.3 Å². The molecule has 0 aromatic rings. The number of rotatable bonds is 1. The number of allylic oxidation sites excluding steroid dienone is 2. The molecule has 1 N–H and O–H groups in total. The predicted molar refractivity (Wildman–Crippen MR) is 96.5 cm³/mol. The lowest BCUT2D eigenvalue weighted by Crippen LogP contribution is -2.54. The van der Waals surface area contributed by atoms with Crippen molar-refractivity contribution < 1.29 is 9.90 Å². The monoisotopic (exact) mass is 328 g/mol. The number of hydrogen-bond acceptors (Lipinski definition) is 2. The van der Waals surface area contributed by atoms with Crippen molar-refractivity contribution in [3.8, 4) is 0 Å². The number of hydrogen-bond donors (Lipinski definition) is 1. The fourth-order valence-electron chi connectivity index (χ4n) is 7.16. The van der Waals surface area contributed by atoms with Crippen LogP contribution in [0.3, 0.4) is 0 Å². The molecule has 0 saturated heterocycles. The van der Waals surface area contributed by atoms with Gasteiger partial charge in [-0.2, -0.15) is 0 Å². The summed E-state index contributed by atoms with van der Waals surface area (Å²) in [5.41, 5.74) is 1.09. The van der Waals surface area contributed by atoms with Crippen molar-refractivity contribution in [2.45, 2.75) is 77.7 Å². The van der Waals surface area contributed by atoms with Crippen LogP contribution in [0.5, 0.6) is 0 Å². The standard InChI is InChI=1S/C22H32O2/c1-4-10-22(24)13-9-19-17-6-5-15-14-16(23)7-11-20(15,2)18(17)8-12-21(19,22)3/h4,10,14,17-19,24H,5-9,11-13H2,1-3H3/b10-4+/t17?,18?,19?,20-,21-,22-/m0/s1. The van der Waals surface area contributed by atoms with Crippen molar-refractivity contribution in [1.82, 2.24) is 0 Å². The highest BCUT2D eigenvalue weighted by molar-refractivity contribution is 5.91. The number of carbonyl (C=O) groups excluding carboxylic acids is 1. The summed E-state index contributed by atoms with van der Waals surface area (Å²) in [6.45, 7) is 6.80. The highest BCUT2D eigenvalue weighted by Gasteiger charge is 2.63. The molecule has 0 amide bonds. The van der Waals surface area contributed by atoms with Gasteiger partial charge in [-0.1, -0.05) is 31.6 Å². The van der Waals surface area contributed by atoms with Crippen LogP contribution < -0.4 is 0 Å². The van der Waals surface area contributed by atoms with E-state index in [1.165, 1.54) is 18.4 Å². The Morgan fingerprint density at radius 3 is 2.58 bits per heavy atom. The molecular formula is C22H32O2. The number of fused-ring (bicyclic) bond motifs is 5. The van der Waals surface area contributed by atoms with Crippen LogP contribution >= 0.6 is 0 Å². The summed E-state index contributed by atoms with van der Waals surface area (Å²) < 4.78 is 0. The Bertz CT molecular complexity index is 617. The van der Waals surface area contributed by atoms with Gasteiger partial charge < -0.3 is 5.11 Å². The SMILES string of the molecule is C/C=C/[C@]1(O)CCC2C3CCC4=CC(=O)CC[C@]4(C)C3CC[C@@]21C. The Morgan fingerprint density at radius 2 is 1.83 bits per heavy atom. The summed E-state index contributed by atoms with van der Waals surface area (Å²) in [6.07, 6.45) is 14.6. The molecule has 0 radical (unpaired) electrons. The minimum Gasteiger partial charge on any atom is -0.385 e. The van der Waals surface area contributed by atoms with E-state index < -0.39 is 5.60 Å². The third kappa shape index (κ3) is 2.01. The molecule has 24 heavy (non-hydrogen) atoms. The van der Waals surface area contributed by atoms with Crippen molar-refractivity contribution in [3.63, 3.8) is 0 Å². The molecule has 6 atom stereocenters.